The van der Waals surface area contributed by atoms with Crippen LogP contribution in [-0.4, -0.2) is 24.1 Å². The van der Waals surface area contributed by atoms with Gasteiger partial charge >= 0.3 is 0 Å². The van der Waals surface area contributed by atoms with Crippen LogP contribution in [0.4, 0.5) is 5.69 Å². The molecule has 16 heavy (non-hydrogen) atoms. The standard InChI is InChI=1S/C12H14BrNO2/c1-8-6-10(12(16)7-13)4-5-11(8)14(3)9(2)15/h4-6H,7H2,1-3H3. The molecule has 86 valence electrons. The Kier molecular flexibility index (Phi) is 4.24. The average molecular weight is 284 g/mol. The summed E-state index contributed by atoms with van der Waals surface area (Å²) < 4.78 is 0. The first-order valence-electron chi connectivity index (χ1n) is 4.91. The molecule has 0 radical (unpaired) electrons. The summed E-state index contributed by atoms with van der Waals surface area (Å²) in [6, 6.07) is 5.34. The molecule has 3 nitrogen and oxygen atoms in total. The van der Waals surface area contributed by atoms with Crippen molar-refractivity contribution in [3.63, 3.8) is 0 Å². The molecule has 0 spiro atoms. The molecule has 0 fully saturated rings. The van der Waals surface area contributed by atoms with Gasteiger partial charge in [-0.3, -0.25) is 9.59 Å². The van der Waals surface area contributed by atoms with E-state index < -0.39 is 0 Å². The van der Waals surface area contributed by atoms with Crippen molar-refractivity contribution in [2.45, 2.75) is 13.8 Å². The van der Waals surface area contributed by atoms with E-state index in [1.54, 1.807) is 30.1 Å². The zero-order valence-corrected chi connectivity index (χ0v) is 11.2. The smallest absolute Gasteiger partial charge is 0.223 e. The highest BCUT2D eigenvalue weighted by atomic mass is 79.9. The van der Waals surface area contributed by atoms with Crippen LogP contribution in [0, 0.1) is 6.92 Å². The fraction of sp³-hybridized carbons (Fsp3) is 0.333. The number of Topliss-reactive ketones (excluding diaryl/α,β-unsaturated/α-hetero) is 1. The Labute approximate surface area is 104 Å². The second-order valence-electron chi connectivity index (χ2n) is 3.64. The lowest BCUT2D eigenvalue weighted by atomic mass is 10.1. The Morgan fingerprint density at radius 3 is 2.44 bits per heavy atom. The second kappa shape index (κ2) is 5.25. The maximum atomic E-state index is 11.5. The number of alkyl halides is 1. The molecule has 0 aliphatic rings. The molecule has 0 saturated carbocycles. The quantitative estimate of drug-likeness (QED) is 0.632. The third kappa shape index (κ3) is 2.70. The van der Waals surface area contributed by atoms with Crippen LogP contribution < -0.4 is 4.90 Å². The summed E-state index contributed by atoms with van der Waals surface area (Å²) in [6.07, 6.45) is 0. The number of ketones is 1. The summed E-state index contributed by atoms with van der Waals surface area (Å²) in [7, 11) is 1.72. The summed E-state index contributed by atoms with van der Waals surface area (Å²) in [4.78, 5) is 24.2. The summed E-state index contributed by atoms with van der Waals surface area (Å²) in [5.74, 6) is 0.0165. The number of carbonyl (C=O) groups excluding carboxylic acids is 2. The highest BCUT2D eigenvalue weighted by Gasteiger charge is 2.11. The lowest BCUT2D eigenvalue weighted by Crippen LogP contribution is -2.23. The van der Waals surface area contributed by atoms with E-state index in [9.17, 15) is 9.59 Å². The first-order chi connectivity index (χ1) is 7.47. The molecule has 1 aromatic rings. The number of amides is 1. The van der Waals surface area contributed by atoms with E-state index in [0.29, 0.717) is 10.9 Å². The lowest BCUT2D eigenvalue weighted by Gasteiger charge is -2.18. The number of halogens is 1. The summed E-state index contributed by atoms with van der Waals surface area (Å²) in [6.45, 7) is 3.40. The number of hydrogen-bond donors (Lipinski definition) is 0. The second-order valence-corrected chi connectivity index (χ2v) is 4.20. The normalized spacial score (nSPS) is 10.0. The summed E-state index contributed by atoms with van der Waals surface area (Å²) in [5, 5.41) is 0.314. The van der Waals surface area contributed by atoms with Crippen molar-refractivity contribution >= 4 is 33.3 Å². The predicted molar refractivity (Wildman–Crippen MR) is 68.4 cm³/mol. The Balaban J connectivity index is 3.09. The van der Waals surface area contributed by atoms with E-state index in [0.717, 1.165) is 11.3 Å². The van der Waals surface area contributed by atoms with E-state index in [4.69, 9.17) is 0 Å². The highest BCUT2D eigenvalue weighted by Crippen LogP contribution is 2.20. The van der Waals surface area contributed by atoms with Gasteiger partial charge in [0.15, 0.2) is 5.78 Å². The van der Waals surface area contributed by atoms with E-state index in [1.807, 2.05) is 6.92 Å². The molecule has 0 heterocycles. The van der Waals surface area contributed by atoms with Crippen LogP contribution in [0.1, 0.15) is 22.8 Å². The first-order valence-corrected chi connectivity index (χ1v) is 6.03. The third-order valence-corrected chi connectivity index (χ3v) is 2.98. The maximum Gasteiger partial charge on any atom is 0.223 e. The van der Waals surface area contributed by atoms with Crippen molar-refractivity contribution in [3.8, 4) is 0 Å². The van der Waals surface area contributed by atoms with Crippen LogP contribution >= 0.6 is 15.9 Å². The van der Waals surface area contributed by atoms with Crippen LogP contribution in [0.15, 0.2) is 18.2 Å². The summed E-state index contributed by atoms with van der Waals surface area (Å²) in [5.41, 5.74) is 2.41. The first kappa shape index (κ1) is 12.9. The zero-order valence-electron chi connectivity index (χ0n) is 9.58. The predicted octanol–water partition coefficient (Wildman–Crippen LogP) is 2.56. The van der Waals surface area contributed by atoms with Gasteiger partial charge in [0.2, 0.25) is 5.91 Å². The molecule has 1 amide bonds. The third-order valence-electron chi connectivity index (χ3n) is 2.47. The van der Waals surface area contributed by atoms with Gasteiger partial charge in [0.05, 0.1) is 5.33 Å². The molecule has 1 aromatic carbocycles. The van der Waals surface area contributed by atoms with E-state index >= 15 is 0 Å². The largest absolute Gasteiger partial charge is 0.315 e. The molecule has 0 aliphatic carbocycles. The molecule has 4 heteroatoms. The molecular formula is C12H14BrNO2. The van der Waals surface area contributed by atoms with E-state index in [2.05, 4.69) is 15.9 Å². The average Bonchev–Trinajstić information content (AvgIpc) is 2.26. The molecule has 0 saturated heterocycles. The number of anilines is 1. The minimum atomic E-state index is -0.0253. The number of nitrogens with zero attached hydrogens (tertiary/aromatic N) is 1. The molecule has 0 unspecified atom stereocenters. The van der Waals surface area contributed by atoms with Crippen molar-refractivity contribution in [2.75, 3.05) is 17.3 Å². The molecular weight excluding hydrogens is 270 g/mol. The van der Waals surface area contributed by atoms with E-state index in [-0.39, 0.29) is 11.7 Å². The Morgan fingerprint density at radius 1 is 1.38 bits per heavy atom. The zero-order chi connectivity index (χ0) is 12.3. The van der Waals surface area contributed by atoms with Gasteiger partial charge < -0.3 is 4.90 Å². The number of carbonyl (C=O) groups is 2. The molecule has 1 rings (SSSR count). The Morgan fingerprint density at radius 2 is 2.00 bits per heavy atom. The minimum absolute atomic E-state index is 0.0253. The van der Waals surface area contributed by atoms with Gasteiger partial charge in [-0.05, 0) is 30.7 Å². The van der Waals surface area contributed by atoms with Crippen LogP contribution in [0.25, 0.3) is 0 Å². The van der Waals surface area contributed by atoms with Gasteiger partial charge in [-0.25, -0.2) is 0 Å². The van der Waals surface area contributed by atoms with Crippen LogP contribution in [0.2, 0.25) is 0 Å². The monoisotopic (exact) mass is 283 g/mol. The number of aryl methyl sites for hydroxylation is 1. The maximum absolute atomic E-state index is 11.5. The fourth-order valence-electron chi connectivity index (χ4n) is 1.45. The van der Waals surface area contributed by atoms with Gasteiger partial charge in [-0.1, -0.05) is 15.9 Å². The van der Waals surface area contributed by atoms with Gasteiger partial charge in [0.1, 0.15) is 0 Å². The van der Waals surface area contributed by atoms with Crippen molar-refractivity contribution < 1.29 is 9.59 Å². The van der Waals surface area contributed by atoms with Crippen LogP contribution in [0.3, 0.4) is 0 Å². The Hall–Kier alpha value is -1.16. The van der Waals surface area contributed by atoms with Crippen molar-refractivity contribution in [1.82, 2.24) is 0 Å². The lowest BCUT2D eigenvalue weighted by molar-refractivity contribution is -0.116. The molecule has 0 atom stereocenters. The SMILES string of the molecule is CC(=O)N(C)c1ccc(C(=O)CBr)cc1C. The van der Waals surface area contributed by atoms with Crippen molar-refractivity contribution in [3.05, 3.63) is 29.3 Å². The van der Waals surface area contributed by atoms with Crippen molar-refractivity contribution in [1.29, 1.82) is 0 Å². The number of hydrogen-bond acceptors (Lipinski definition) is 2. The molecule has 0 aromatic heterocycles. The minimum Gasteiger partial charge on any atom is -0.315 e. The van der Waals surface area contributed by atoms with Crippen LogP contribution in [-0.2, 0) is 4.79 Å². The molecule has 0 bridgehead atoms. The fourth-order valence-corrected chi connectivity index (χ4v) is 1.78. The molecule has 0 aliphatic heterocycles. The topological polar surface area (TPSA) is 37.4 Å². The van der Waals surface area contributed by atoms with Gasteiger partial charge in [-0.15, -0.1) is 0 Å². The van der Waals surface area contributed by atoms with Crippen molar-refractivity contribution in [2.24, 2.45) is 0 Å². The van der Waals surface area contributed by atoms with Gasteiger partial charge in [-0.2, -0.15) is 0 Å². The number of benzene rings is 1. The van der Waals surface area contributed by atoms with Gasteiger partial charge in [0, 0.05) is 25.2 Å². The van der Waals surface area contributed by atoms with Gasteiger partial charge in [0.25, 0.3) is 0 Å². The summed E-state index contributed by atoms with van der Waals surface area (Å²) >= 11 is 3.13. The highest BCUT2D eigenvalue weighted by molar-refractivity contribution is 9.09. The van der Waals surface area contributed by atoms with Crippen LogP contribution in [0.5, 0.6) is 0 Å². The van der Waals surface area contributed by atoms with E-state index in [1.165, 1.54) is 6.92 Å². The number of rotatable bonds is 3. The molecule has 0 N–H and O–H groups in total. The Bertz CT molecular complexity index is 429.